The molecule has 0 bridgehead atoms. The van der Waals surface area contributed by atoms with Gasteiger partial charge in [-0.05, 0) is 24.5 Å². The minimum absolute atomic E-state index is 0.742. The molecule has 0 saturated heterocycles. The zero-order valence-electron chi connectivity index (χ0n) is 10.8. The summed E-state index contributed by atoms with van der Waals surface area (Å²) in [7, 11) is 0. The van der Waals surface area contributed by atoms with E-state index in [9.17, 15) is 0 Å². The number of benzene rings is 1. The Kier molecular flexibility index (Phi) is 3.15. The van der Waals surface area contributed by atoms with Gasteiger partial charge in [0.1, 0.15) is 5.82 Å². The molecule has 3 rings (SSSR count). The minimum atomic E-state index is 0.742. The number of hydrogen-bond acceptors (Lipinski definition) is 2. The van der Waals surface area contributed by atoms with Gasteiger partial charge in [0.25, 0.3) is 0 Å². The smallest absolute Gasteiger partial charge is 0.112 e. The molecule has 1 aromatic carbocycles. The van der Waals surface area contributed by atoms with Gasteiger partial charge in [-0.3, -0.25) is 0 Å². The zero-order valence-corrected chi connectivity index (χ0v) is 10.8. The van der Waals surface area contributed by atoms with E-state index in [2.05, 4.69) is 52.3 Å². The van der Waals surface area contributed by atoms with Crippen molar-refractivity contribution >= 4 is 0 Å². The molecule has 1 N–H and O–H groups in total. The quantitative estimate of drug-likeness (QED) is 0.872. The molecule has 3 heteroatoms. The number of para-hydroxylation sites is 1. The van der Waals surface area contributed by atoms with Gasteiger partial charge in [-0.25, -0.2) is 4.98 Å². The average molecular weight is 241 g/mol. The van der Waals surface area contributed by atoms with Gasteiger partial charge in [-0.1, -0.05) is 25.1 Å². The van der Waals surface area contributed by atoms with Crippen LogP contribution in [0.5, 0.6) is 0 Å². The summed E-state index contributed by atoms with van der Waals surface area (Å²) in [5.41, 5.74) is 2.59. The largest absolute Gasteiger partial charge is 0.310 e. The molecule has 2 aromatic rings. The minimum Gasteiger partial charge on any atom is -0.310 e. The molecule has 0 aliphatic heterocycles. The summed E-state index contributed by atoms with van der Waals surface area (Å²) in [6, 6.07) is 9.31. The topological polar surface area (TPSA) is 29.9 Å². The Hall–Kier alpha value is -1.61. The molecule has 0 amide bonds. The highest BCUT2D eigenvalue weighted by atomic mass is 15.1. The van der Waals surface area contributed by atoms with Crippen molar-refractivity contribution in [1.29, 1.82) is 0 Å². The third kappa shape index (κ3) is 2.31. The fourth-order valence-electron chi connectivity index (χ4n) is 2.25. The van der Waals surface area contributed by atoms with E-state index in [0.717, 1.165) is 24.8 Å². The first-order valence-electron chi connectivity index (χ1n) is 6.72. The molecule has 0 atom stereocenters. The van der Waals surface area contributed by atoms with Crippen LogP contribution in [0.2, 0.25) is 0 Å². The predicted molar refractivity (Wildman–Crippen MR) is 72.8 cm³/mol. The molecule has 1 heterocycles. The van der Waals surface area contributed by atoms with Gasteiger partial charge in [0.05, 0.1) is 5.69 Å². The molecule has 0 unspecified atom stereocenters. The highest BCUT2D eigenvalue weighted by Crippen LogP contribution is 2.21. The third-order valence-corrected chi connectivity index (χ3v) is 3.44. The standard InChI is InChI=1S/C15H19N3/c1-2-15-16-9-10-18(15)14-6-4-3-5-12(14)11-17-13-7-8-13/h3-6,9-10,13,17H,2,7-8,11H2,1H3. The molecule has 0 radical (unpaired) electrons. The number of nitrogens with one attached hydrogen (secondary N) is 1. The second kappa shape index (κ2) is 4.94. The Morgan fingerprint density at radius 2 is 2.17 bits per heavy atom. The van der Waals surface area contributed by atoms with Crippen LogP contribution in [0.25, 0.3) is 5.69 Å². The molecule has 18 heavy (non-hydrogen) atoms. The maximum absolute atomic E-state index is 4.40. The SMILES string of the molecule is CCc1nccn1-c1ccccc1CNC1CC1. The van der Waals surface area contributed by atoms with E-state index in [-0.39, 0.29) is 0 Å². The van der Waals surface area contributed by atoms with E-state index in [1.165, 1.54) is 24.1 Å². The molecular weight excluding hydrogens is 222 g/mol. The van der Waals surface area contributed by atoms with Gasteiger partial charge in [0.15, 0.2) is 0 Å². The van der Waals surface area contributed by atoms with E-state index in [1.54, 1.807) is 0 Å². The predicted octanol–water partition coefficient (Wildman–Crippen LogP) is 2.69. The Balaban J connectivity index is 1.89. The van der Waals surface area contributed by atoms with E-state index in [4.69, 9.17) is 0 Å². The van der Waals surface area contributed by atoms with Gasteiger partial charge in [0, 0.05) is 31.4 Å². The van der Waals surface area contributed by atoms with E-state index < -0.39 is 0 Å². The van der Waals surface area contributed by atoms with Gasteiger partial charge < -0.3 is 9.88 Å². The molecule has 94 valence electrons. The fraction of sp³-hybridized carbons (Fsp3) is 0.400. The molecule has 1 aliphatic rings. The lowest BCUT2D eigenvalue weighted by molar-refractivity contribution is 0.683. The van der Waals surface area contributed by atoms with Crippen molar-refractivity contribution in [3.63, 3.8) is 0 Å². The third-order valence-electron chi connectivity index (χ3n) is 3.44. The van der Waals surface area contributed by atoms with Gasteiger partial charge in [0.2, 0.25) is 0 Å². The van der Waals surface area contributed by atoms with Gasteiger partial charge in [-0.15, -0.1) is 0 Å². The van der Waals surface area contributed by atoms with Crippen LogP contribution in [0.3, 0.4) is 0 Å². The van der Waals surface area contributed by atoms with Crippen molar-refractivity contribution in [1.82, 2.24) is 14.9 Å². The van der Waals surface area contributed by atoms with Crippen LogP contribution in [0.15, 0.2) is 36.7 Å². The summed E-state index contributed by atoms with van der Waals surface area (Å²) < 4.78 is 2.20. The van der Waals surface area contributed by atoms with Crippen LogP contribution >= 0.6 is 0 Å². The van der Waals surface area contributed by atoms with Crippen LogP contribution in [0.1, 0.15) is 31.2 Å². The van der Waals surface area contributed by atoms with Crippen LogP contribution in [0.4, 0.5) is 0 Å². The molecule has 1 saturated carbocycles. The number of hydrogen-bond donors (Lipinski definition) is 1. The van der Waals surface area contributed by atoms with E-state index in [1.807, 2.05) is 6.20 Å². The van der Waals surface area contributed by atoms with E-state index >= 15 is 0 Å². The van der Waals surface area contributed by atoms with Crippen molar-refractivity contribution in [3.8, 4) is 5.69 Å². The summed E-state index contributed by atoms with van der Waals surface area (Å²) in [5.74, 6) is 1.12. The molecule has 1 aliphatic carbocycles. The van der Waals surface area contributed by atoms with Crippen LogP contribution in [0, 0.1) is 0 Å². The number of aromatic nitrogens is 2. The number of imidazole rings is 1. The van der Waals surface area contributed by atoms with Crippen LogP contribution in [-0.4, -0.2) is 15.6 Å². The Labute approximate surface area is 108 Å². The van der Waals surface area contributed by atoms with Crippen LogP contribution in [-0.2, 0) is 13.0 Å². The number of nitrogens with zero attached hydrogens (tertiary/aromatic N) is 2. The summed E-state index contributed by atoms with van der Waals surface area (Å²) in [4.78, 5) is 4.40. The highest BCUT2D eigenvalue weighted by molar-refractivity contribution is 5.42. The lowest BCUT2D eigenvalue weighted by Crippen LogP contribution is -2.17. The molecular formula is C15H19N3. The van der Waals surface area contributed by atoms with Crippen molar-refractivity contribution in [2.24, 2.45) is 0 Å². The van der Waals surface area contributed by atoms with Crippen molar-refractivity contribution < 1.29 is 0 Å². The lowest BCUT2D eigenvalue weighted by Gasteiger charge is -2.13. The average Bonchev–Trinajstić information content (AvgIpc) is 3.12. The Bertz CT molecular complexity index is 526. The molecule has 3 nitrogen and oxygen atoms in total. The molecule has 1 fully saturated rings. The summed E-state index contributed by atoms with van der Waals surface area (Å²) >= 11 is 0. The maximum atomic E-state index is 4.40. The first kappa shape index (κ1) is 11.5. The van der Waals surface area contributed by atoms with Crippen molar-refractivity contribution in [3.05, 3.63) is 48.0 Å². The first-order chi connectivity index (χ1) is 8.88. The summed E-state index contributed by atoms with van der Waals surface area (Å²) in [5, 5.41) is 3.58. The monoisotopic (exact) mass is 241 g/mol. The lowest BCUT2D eigenvalue weighted by atomic mass is 10.1. The van der Waals surface area contributed by atoms with Gasteiger partial charge >= 0.3 is 0 Å². The summed E-state index contributed by atoms with van der Waals surface area (Å²) in [6.45, 7) is 3.09. The normalized spacial score (nSPS) is 14.9. The number of aryl methyl sites for hydroxylation is 1. The zero-order chi connectivity index (χ0) is 12.4. The maximum Gasteiger partial charge on any atom is 0.112 e. The Morgan fingerprint density at radius 3 is 2.94 bits per heavy atom. The second-order valence-electron chi connectivity index (χ2n) is 4.85. The second-order valence-corrected chi connectivity index (χ2v) is 4.85. The van der Waals surface area contributed by atoms with Gasteiger partial charge in [-0.2, -0.15) is 0 Å². The first-order valence-corrected chi connectivity index (χ1v) is 6.72. The Morgan fingerprint density at radius 1 is 1.33 bits per heavy atom. The highest BCUT2D eigenvalue weighted by Gasteiger charge is 2.20. The van der Waals surface area contributed by atoms with Crippen molar-refractivity contribution in [2.75, 3.05) is 0 Å². The molecule has 1 aromatic heterocycles. The number of rotatable bonds is 5. The van der Waals surface area contributed by atoms with Crippen LogP contribution < -0.4 is 5.32 Å². The van der Waals surface area contributed by atoms with Crippen molar-refractivity contribution in [2.45, 2.75) is 38.8 Å². The molecule has 0 spiro atoms. The fourth-order valence-corrected chi connectivity index (χ4v) is 2.25. The van der Waals surface area contributed by atoms with E-state index in [0.29, 0.717) is 0 Å². The summed E-state index contributed by atoms with van der Waals surface area (Å²) in [6.07, 6.45) is 7.54.